The number of hydrogen-bond donors (Lipinski definition) is 0. The van der Waals surface area contributed by atoms with E-state index >= 15 is 0 Å². The van der Waals surface area contributed by atoms with Crippen LogP contribution in [0.2, 0.25) is 0 Å². The van der Waals surface area contributed by atoms with Crippen molar-refractivity contribution in [3.05, 3.63) is 12.2 Å². The lowest BCUT2D eigenvalue weighted by Crippen LogP contribution is -2.40. The number of piperidine rings is 1. The van der Waals surface area contributed by atoms with Crippen molar-refractivity contribution < 1.29 is 4.79 Å². The summed E-state index contributed by atoms with van der Waals surface area (Å²) in [6, 6.07) is 0. The van der Waals surface area contributed by atoms with Crippen molar-refractivity contribution in [2.75, 3.05) is 33.2 Å². The summed E-state index contributed by atoms with van der Waals surface area (Å²) in [6.07, 6.45) is 8.36. The number of carbonyl (C=O) groups is 1. The summed E-state index contributed by atoms with van der Waals surface area (Å²) in [7, 11) is 2.22. The Bertz CT molecular complexity index is 268. The molecule has 104 valence electrons. The van der Waals surface area contributed by atoms with Gasteiger partial charge in [-0.2, -0.15) is 0 Å². The average Bonchev–Trinajstić information content (AvgIpc) is 2.37. The summed E-state index contributed by atoms with van der Waals surface area (Å²) < 4.78 is 0. The summed E-state index contributed by atoms with van der Waals surface area (Å²) in [5.74, 6) is 0.941. The first-order valence-corrected chi connectivity index (χ1v) is 7.27. The van der Waals surface area contributed by atoms with Crippen LogP contribution in [0.25, 0.3) is 0 Å². The number of hydrogen-bond acceptors (Lipinski definition) is 2. The Hall–Kier alpha value is -0.830. The van der Waals surface area contributed by atoms with E-state index in [1.54, 1.807) is 6.08 Å². The maximum atomic E-state index is 11.7. The molecule has 1 saturated heterocycles. The van der Waals surface area contributed by atoms with Crippen molar-refractivity contribution in [3.63, 3.8) is 0 Å². The highest BCUT2D eigenvalue weighted by Gasteiger charge is 2.22. The number of allylic oxidation sites excluding steroid dienone is 1. The van der Waals surface area contributed by atoms with Gasteiger partial charge in [0, 0.05) is 19.6 Å². The molecule has 0 aromatic heterocycles. The van der Waals surface area contributed by atoms with Gasteiger partial charge in [-0.25, -0.2) is 0 Å². The van der Waals surface area contributed by atoms with Gasteiger partial charge >= 0.3 is 0 Å². The highest BCUT2D eigenvalue weighted by Crippen LogP contribution is 2.18. The Morgan fingerprint density at radius 2 is 2.06 bits per heavy atom. The fourth-order valence-corrected chi connectivity index (χ4v) is 2.54. The van der Waals surface area contributed by atoms with Gasteiger partial charge in [-0.3, -0.25) is 4.79 Å². The third-order valence-corrected chi connectivity index (χ3v) is 3.70. The highest BCUT2D eigenvalue weighted by molar-refractivity contribution is 5.87. The molecule has 1 rings (SSSR count). The predicted octanol–water partition coefficient (Wildman–Crippen LogP) is 2.53. The van der Waals surface area contributed by atoms with Crippen LogP contribution in [0.15, 0.2) is 12.2 Å². The normalized spacial score (nSPS) is 17.9. The zero-order valence-electron chi connectivity index (χ0n) is 12.2. The number of carbonyl (C=O) groups excluding carboxylic acids is 1. The van der Waals surface area contributed by atoms with E-state index in [1.807, 2.05) is 17.9 Å². The smallest absolute Gasteiger partial charge is 0.246 e. The van der Waals surface area contributed by atoms with Gasteiger partial charge in [0.15, 0.2) is 0 Å². The number of nitrogens with zero attached hydrogens (tertiary/aromatic N) is 2. The molecule has 1 fully saturated rings. The summed E-state index contributed by atoms with van der Waals surface area (Å²) in [6.45, 7) is 8.37. The fourth-order valence-electron chi connectivity index (χ4n) is 2.54. The lowest BCUT2D eigenvalue weighted by Gasteiger charge is -2.33. The first-order valence-electron chi connectivity index (χ1n) is 7.27. The summed E-state index contributed by atoms with van der Waals surface area (Å²) >= 11 is 0. The van der Waals surface area contributed by atoms with E-state index in [9.17, 15) is 4.79 Å². The first-order chi connectivity index (χ1) is 8.67. The molecule has 1 aliphatic rings. The predicted molar refractivity (Wildman–Crippen MR) is 76.5 cm³/mol. The van der Waals surface area contributed by atoms with Gasteiger partial charge in [0.25, 0.3) is 0 Å². The Morgan fingerprint density at radius 1 is 1.39 bits per heavy atom. The molecule has 0 unspecified atom stereocenters. The van der Waals surface area contributed by atoms with E-state index in [2.05, 4.69) is 18.9 Å². The molecule has 3 heteroatoms. The molecular formula is C15H28N2O. The number of likely N-dealkylation sites (tertiary alicyclic amines) is 1. The zero-order chi connectivity index (χ0) is 13.4. The molecule has 0 radical (unpaired) electrons. The Balaban J connectivity index is 2.24. The van der Waals surface area contributed by atoms with E-state index in [-0.39, 0.29) is 5.91 Å². The molecule has 0 spiro atoms. The Kier molecular flexibility index (Phi) is 7.02. The van der Waals surface area contributed by atoms with E-state index in [0.717, 1.165) is 31.8 Å². The standard InChI is InChI=1S/C15H28N2O/c1-4-6-10-16(3)13-14-8-11-17(12-9-14)15(18)7-5-2/h5,7,14H,4,6,8-13H2,1-3H3. The average molecular weight is 252 g/mol. The molecule has 1 amide bonds. The molecule has 1 aliphatic heterocycles. The summed E-state index contributed by atoms with van der Waals surface area (Å²) in [5, 5.41) is 0. The maximum Gasteiger partial charge on any atom is 0.246 e. The molecule has 0 saturated carbocycles. The largest absolute Gasteiger partial charge is 0.339 e. The Labute approximate surface area is 112 Å². The Morgan fingerprint density at radius 3 is 2.61 bits per heavy atom. The first kappa shape index (κ1) is 15.2. The van der Waals surface area contributed by atoms with Gasteiger partial charge in [0.2, 0.25) is 5.91 Å². The second-order valence-electron chi connectivity index (χ2n) is 5.38. The number of unbranched alkanes of at least 4 members (excludes halogenated alkanes) is 1. The molecule has 0 aromatic rings. The van der Waals surface area contributed by atoms with E-state index in [4.69, 9.17) is 0 Å². The third-order valence-electron chi connectivity index (χ3n) is 3.70. The van der Waals surface area contributed by atoms with Gasteiger partial charge in [-0.05, 0) is 51.8 Å². The lowest BCUT2D eigenvalue weighted by molar-refractivity contribution is -0.127. The van der Waals surface area contributed by atoms with Crippen molar-refractivity contribution in [2.45, 2.75) is 39.5 Å². The van der Waals surface area contributed by atoms with Crippen LogP contribution in [0.5, 0.6) is 0 Å². The third kappa shape index (κ3) is 5.21. The molecular weight excluding hydrogens is 224 g/mol. The van der Waals surface area contributed by atoms with Gasteiger partial charge in [0.1, 0.15) is 0 Å². The van der Waals surface area contributed by atoms with Crippen molar-refractivity contribution in [1.29, 1.82) is 0 Å². The molecule has 0 atom stereocenters. The van der Waals surface area contributed by atoms with Crippen molar-refractivity contribution in [2.24, 2.45) is 5.92 Å². The lowest BCUT2D eigenvalue weighted by atomic mass is 9.96. The van der Waals surface area contributed by atoms with Crippen LogP contribution in [-0.4, -0.2) is 48.9 Å². The monoisotopic (exact) mass is 252 g/mol. The number of amides is 1. The van der Waals surface area contributed by atoms with Crippen LogP contribution in [0.3, 0.4) is 0 Å². The molecule has 0 aromatic carbocycles. The summed E-state index contributed by atoms with van der Waals surface area (Å²) in [4.78, 5) is 16.1. The summed E-state index contributed by atoms with van der Waals surface area (Å²) in [5.41, 5.74) is 0. The second-order valence-corrected chi connectivity index (χ2v) is 5.38. The second kappa shape index (κ2) is 8.30. The van der Waals surface area contributed by atoms with Crippen LogP contribution >= 0.6 is 0 Å². The quantitative estimate of drug-likeness (QED) is 0.678. The molecule has 18 heavy (non-hydrogen) atoms. The van der Waals surface area contributed by atoms with E-state index in [1.165, 1.54) is 25.9 Å². The van der Waals surface area contributed by atoms with E-state index < -0.39 is 0 Å². The minimum Gasteiger partial charge on any atom is -0.339 e. The van der Waals surface area contributed by atoms with Gasteiger partial charge in [0.05, 0.1) is 0 Å². The minimum absolute atomic E-state index is 0.176. The zero-order valence-corrected chi connectivity index (χ0v) is 12.2. The van der Waals surface area contributed by atoms with Crippen LogP contribution < -0.4 is 0 Å². The molecule has 0 bridgehead atoms. The van der Waals surface area contributed by atoms with Crippen molar-refractivity contribution in [3.8, 4) is 0 Å². The van der Waals surface area contributed by atoms with Gasteiger partial charge in [-0.1, -0.05) is 19.4 Å². The van der Waals surface area contributed by atoms with Crippen molar-refractivity contribution >= 4 is 5.91 Å². The van der Waals surface area contributed by atoms with Gasteiger partial charge < -0.3 is 9.80 Å². The van der Waals surface area contributed by atoms with E-state index in [0.29, 0.717) is 0 Å². The topological polar surface area (TPSA) is 23.6 Å². The SMILES string of the molecule is CC=CC(=O)N1CCC(CN(C)CCCC)CC1. The molecule has 0 N–H and O–H groups in total. The molecule has 3 nitrogen and oxygen atoms in total. The van der Waals surface area contributed by atoms with Crippen molar-refractivity contribution in [1.82, 2.24) is 9.80 Å². The fraction of sp³-hybridized carbons (Fsp3) is 0.800. The minimum atomic E-state index is 0.176. The van der Waals surface area contributed by atoms with Crippen LogP contribution in [0, 0.1) is 5.92 Å². The van der Waals surface area contributed by atoms with Crippen LogP contribution in [0.1, 0.15) is 39.5 Å². The van der Waals surface area contributed by atoms with Gasteiger partial charge in [-0.15, -0.1) is 0 Å². The maximum absolute atomic E-state index is 11.7. The molecule has 1 heterocycles. The highest BCUT2D eigenvalue weighted by atomic mass is 16.2. The van der Waals surface area contributed by atoms with Crippen LogP contribution in [-0.2, 0) is 4.79 Å². The number of rotatable bonds is 6. The molecule has 0 aliphatic carbocycles. The van der Waals surface area contributed by atoms with Crippen LogP contribution in [0.4, 0.5) is 0 Å².